The molecule has 28 heavy (non-hydrogen) atoms. The van der Waals surface area contributed by atoms with Crippen LogP contribution >= 0.6 is 0 Å². The summed E-state index contributed by atoms with van der Waals surface area (Å²) in [5.74, 6) is 2.54. The molecule has 154 valence electrons. The molecule has 2 heterocycles. The molecule has 8 nitrogen and oxygen atoms in total. The highest BCUT2D eigenvalue weighted by Gasteiger charge is 2.39. The molecule has 0 amide bonds. The maximum absolute atomic E-state index is 5.74. The zero-order valence-electron chi connectivity index (χ0n) is 18.0. The minimum atomic E-state index is -0.166. The second kappa shape index (κ2) is 8.45. The molecule has 1 atom stereocenters. The van der Waals surface area contributed by atoms with Gasteiger partial charge in [0.2, 0.25) is 5.82 Å². The van der Waals surface area contributed by atoms with E-state index in [0.717, 1.165) is 55.5 Å². The molecule has 1 aromatic heterocycles. The number of hydrogen-bond acceptors (Lipinski definition) is 5. The van der Waals surface area contributed by atoms with Gasteiger partial charge in [-0.15, -0.1) is 5.10 Å². The molecule has 0 saturated carbocycles. The molecule has 3 rings (SSSR count). The molecule has 0 spiro atoms. The Bertz CT molecular complexity index is 783. The van der Waals surface area contributed by atoms with Gasteiger partial charge < -0.3 is 19.3 Å². The van der Waals surface area contributed by atoms with E-state index in [4.69, 9.17) is 9.47 Å². The van der Waals surface area contributed by atoms with Gasteiger partial charge in [-0.05, 0) is 48.9 Å². The maximum atomic E-state index is 5.74. The highest BCUT2D eigenvalue weighted by molar-refractivity contribution is 5.43. The molecule has 2 N–H and O–H groups in total. The predicted octanol–water partition coefficient (Wildman–Crippen LogP) is -0.662. The van der Waals surface area contributed by atoms with Crippen LogP contribution in [0.2, 0.25) is 0 Å². The summed E-state index contributed by atoms with van der Waals surface area (Å²) in [7, 11) is 5.66. The summed E-state index contributed by atoms with van der Waals surface area (Å²) >= 11 is 0. The zero-order chi connectivity index (χ0) is 20.3. The Balaban J connectivity index is 2.14. The van der Waals surface area contributed by atoms with Crippen molar-refractivity contribution in [3.05, 3.63) is 29.6 Å². The first kappa shape index (κ1) is 20.5. The van der Waals surface area contributed by atoms with Crippen LogP contribution in [0.3, 0.4) is 0 Å². The summed E-state index contributed by atoms with van der Waals surface area (Å²) in [5, 5.41) is 13.0. The smallest absolute Gasteiger partial charge is 0.214 e. The van der Waals surface area contributed by atoms with Gasteiger partial charge in [-0.25, -0.2) is 4.68 Å². The van der Waals surface area contributed by atoms with E-state index in [9.17, 15) is 0 Å². The summed E-state index contributed by atoms with van der Waals surface area (Å²) in [4.78, 5) is 3.02. The van der Waals surface area contributed by atoms with Crippen LogP contribution in [0, 0.1) is 0 Å². The number of ether oxygens (including phenoxy) is 2. The number of piperazine rings is 1. The number of tetrazole rings is 1. The lowest BCUT2D eigenvalue weighted by molar-refractivity contribution is -1.02. The Kier molecular flexibility index (Phi) is 6.20. The SMILES string of the molecule is CCC(C)(C)n1nnnc1[C@@H](c1cc(OC)ccc1OC)[NH+]1CC[NH+](C)CC1. The summed E-state index contributed by atoms with van der Waals surface area (Å²) in [6.45, 7) is 10.9. The van der Waals surface area contributed by atoms with Gasteiger partial charge in [-0.1, -0.05) is 6.92 Å². The van der Waals surface area contributed by atoms with Crippen molar-refractivity contribution in [3.63, 3.8) is 0 Å². The molecule has 0 bridgehead atoms. The van der Waals surface area contributed by atoms with E-state index in [0.29, 0.717) is 0 Å². The molecule has 0 unspecified atom stereocenters. The number of nitrogens with zero attached hydrogens (tertiary/aromatic N) is 4. The van der Waals surface area contributed by atoms with Gasteiger partial charge in [-0.3, -0.25) is 0 Å². The van der Waals surface area contributed by atoms with Gasteiger partial charge in [0.15, 0.2) is 6.04 Å². The van der Waals surface area contributed by atoms with Crippen LogP contribution in [-0.4, -0.2) is 67.7 Å². The molecule has 1 fully saturated rings. The number of quaternary nitrogens is 2. The number of aromatic nitrogens is 4. The monoisotopic (exact) mass is 390 g/mol. The van der Waals surface area contributed by atoms with Crippen LogP contribution in [0.15, 0.2) is 18.2 Å². The van der Waals surface area contributed by atoms with Crippen molar-refractivity contribution in [3.8, 4) is 11.5 Å². The van der Waals surface area contributed by atoms with Crippen LogP contribution < -0.4 is 19.3 Å². The van der Waals surface area contributed by atoms with E-state index in [2.05, 4.69) is 49.4 Å². The van der Waals surface area contributed by atoms with Crippen molar-refractivity contribution in [2.75, 3.05) is 47.4 Å². The standard InChI is InChI=1S/C20H32N6O2/c1-7-20(2,3)26-19(21-22-23-26)18(25-12-10-24(4)11-13-25)16-14-15(27-5)8-9-17(16)28-6/h8-9,14,18H,7,10-13H2,1-6H3/p+2/t18-/m1/s1. The average molecular weight is 391 g/mol. The second-order valence-electron chi connectivity index (χ2n) is 8.27. The van der Waals surface area contributed by atoms with E-state index >= 15 is 0 Å². The lowest BCUT2D eigenvalue weighted by Gasteiger charge is -2.35. The van der Waals surface area contributed by atoms with Crippen LogP contribution in [0.1, 0.15) is 44.6 Å². The molecule has 8 heteroatoms. The average Bonchev–Trinajstić information content (AvgIpc) is 3.20. The fourth-order valence-electron chi connectivity index (χ4n) is 3.85. The second-order valence-corrected chi connectivity index (χ2v) is 8.27. The highest BCUT2D eigenvalue weighted by Crippen LogP contribution is 2.32. The number of rotatable bonds is 7. The molecule has 1 aliphatic heterocycles. The molecule has 1 aliphatic rings. The molecule has 0 aliphatic carbocycles. The largest absolute Gasteiger partial charge is 0.497 e. The van der Waals surface area contributed by atoms with Crippen molar-refractivity contribution in [2.45, 2.75) is 38.8 Å². The topological polar surface area (TPSA) is 70.9 Å². The Labute approximate surface area is 167 Å². The van der Waals surface area contributed by atoms with Crippen molar-refractivity contribution in [2.24, 2.45) is 0 Å². The Morgan fingerprint density at radius 1 is 1.14 bits per heavy atom. The van der Waals surface area contributed by atoms with Gasteiger partial charge in [0.05, 0.1) is 32.4 Å². The summed E-state index contributed by atoms with van der Waals surface area (Å²) in [6, 6.07) is 5.96. The molecular formula is C20H34N6O2+2. The van der Waals surface area contributed by atoms with Crippen molar-refractivity contribution in [1.82, 2.24) is 20.2 Å². The first-order valence-electron chi connectivity index (χ1n) is 10.1. The number of likely N-dealkylation sites (N-methyl/N-ethyl adjacent to an activating group) is 1. The minimum Gasteiger partial charge on any atom is -0.497 e. The fraction of sp³-hybridized carbons (Fsp3) is 0.650. The third-order valence-corrected chi connectivity index (χ3v) is 6.09. The van der Waals surface area contributed by atoms with Gasteiger partial charge in [0.25, 0.3) is 0 Å². The first-order valence-corrected chi connectivity index (χ1v) is 10.1. The van der Waals surface area contributed by atoms with E-state index in [1.165, 1.54) is 4.90 Å². The Hall–Kier alpha value is -2.19. The van der Waals surface area contributed by atoms with Crippen molar-refractivity contribution in [1.29, 1.82) is 0 Å². The van der Waals surface area contributed by atoms with Gasteiger partial charge in [-0.2, -0.15) is 0 Å². The lowest BCUT2D eigenvalue weighted by atomic mass is 9.98. The van der Waals surface area contributed by atoms with Gasteiger partial charge >= 0.3 is 0 Å². The minimum absolute atomic E-state index is 0.0148. The van der Waals surface area contributed by atoms with E-state index < -0.39 is 0 Å². The normalized spacial score (nSPS) is 21.4. The summed E-state index contributed by atoms with van der Waals surface area (Å²) in [5.41, 5.74) is 0.903. The molecular weight excluding hydrogens is 356 g/mol. The number of hydrogen-bond donors (Lipinski definition) is 2. The molecule has 1 aromatic carbocycles. The number of nitrogens with one attached hydrogen (secondary N) is 2. The Morgan fingerprint density at radius 2 is 1.86 bits per heavy atom. The van der Waals surface area contributed by atoms with E-state index in [1.54, 1.807) is 19.1 Å². The van der Waals surface area contributed by atoms with Crippen LogP contribution in [0.25, 0.3) is 0 Å². The zero-order valence-corrected chi connectivity index (χ0v) is 18.0. The van der Waals surface area contributed by atoms with Crippen LogP contribution in [0.4, 0.5) is 0 Å². The molecule has 2 aromatic rings. The van der Waals surface area contributed by atoms with Gasteiger partial charge in [0.1, 0.15) is 37.7 Å². The summed E-state index contributed by atoms with van der Waals surface area (Å²) in [6.07, 6.45) is 0.940. The molecule has 1 saturated heterocycles. The first-order chi connectivity index (χ1) is 13.4. The number of benzene rings is 1. The lowest BCUT2D eigenvalue weighted by Crippen LogP contribution is -3.27. The fourth-order valence-corrected chi connectivity index (χ4v) is 3.85. The van der Waals surface area contributed by atoms with Gasteiger partial charge in [0, 0.05) is 0 Å². The predicted molar refractivity (Wildman–Crippen MR) is 106 cm³/mol. The van der Waals surface area contributed by atoms with E-state index in [1.807, 2.05) is 16.8 Å². The number of methoxy groups -OCH3 is 2. The Morgan fingerprint density at radius 3 is 2.46 bits per heavy atom. The van der Waals surface area contributed by atoms with Crippen molar-refractivity contribution < 1.29 is 19.3 Å². The quantitative estimate of drug-likeness (QED) is 0.657. The third kappa shape index (κ3) is 3.98. The highest BCUT2D eigenvalue weighted by atomic mass is 16.5. The van der Waals surface area contributed by atoms with Crippen LogP contribution in [-0.2, 0) is 5.54 Å². The summed E-state index contributed by atoms with van der Waals surface area (Å²) < 4.78 is 13.2. The maximum Gasteiger partial charge on any atom is 0.214 e. The van der Waals surface area contributed by atoms with Crippen molar-refractivity contribution >= 4 is 0 Å². The third-order valence-electron chi connectivity index (χ3n) is 6.09. The van der Waals surface area contributed by atoms with E-state index in [-0.39, 0.29) is 11.6 Å². The van der Waals surface area contributed by atoms with Crippen LogP contribution in [0.5, 0.6) is 11.5 Å². The molecule has 0 radical (unpaired) electrons.